The van der Waals surface area contributed by atoms with Crippen molar-refractivity contribution in [2.24, 2.45) is 0 Å². The van der Waals surface area contributed by atoms with E-state index in [4.69, 9.17) is 17.3 Å². The van der Waals surface area contributed by atoms with Gasteiger partial charge in [0.25, 0.3) is 0 Å². The summed E-state index contributed by atoms with van der Waals surface area (Å²) in [7, 11) is 0. The highest BCUT2D eigenvalue weighted by Crippen LogP contribution is 2.27. The van der Waals surface area contributed by atoms with Gasteiger partial charge in [0.05, 0.1) is 0 Å². The first-order valence-electron chi connectivity index (χ1n) is 5.73. The first-order valence-corrected chi connectivity index (χ1v) is 6.11. The van der Waals surface area contributed by atoms with Crippen LogP contribution in [0.5, 0.6) is 0 Å². The van der Waals surface area contributed by atoms with Crippen LogP contribution in [0.1, 0.15) is 37.9 Å². The van der Waals surface area contributed by atoms with E-state index in [1.54, 1.807) is 0 Å². The minimum absolute atomic E-state index is 0.339. The Hall–Kier alpha value is -1.03. The van der Waals surface area contributed by atoms with E-state index in [9.17, 15) is 0 Å². The molecule has 1 aliphatic carbocycles. The fraction of sp³-hybridized carbons (Fsp3) is 0.636. The highest BCUT2D eigenvalue weighted by molar-refractivity contribution is 6.32. The molecule has 5 heteroatoms. The van der Waals surface area contributed by atoms with Crippen LogP contribution in [-0.2, 0) is 0 Å². The van der Waals surface area contributed by atoms with Crippen molar-refractivity contribution in [1.82, 2.24) is 9.97 Å². The molecule has 0 spiro atoms. The molecule has 0 saturated heterocycles. The SMILES string of the molecule is Cc1nc(Cl)c(N)c(NC2CCCCC2)n1. The highest BCUT2D eigenvalue weighted by atomic mass is 35.5. The van der Waals surface area contributed by atoms with Crippen molar-refractivity contribution in [3.05, 3.63) is 11.0 Å². The van der Waals surface area contributed by atoms with Crippen molar-refractivity contribution in [2.75, 3.05) is 11.1 Å². The van der Waals surface area contributed by atoms with Crippen molar-refractivity contribution in [3.63, 3.8) is 0 Å². The number of nitrogens with one attached hydrogen (secondary N) is 1. The molecule has 0 amide bonds. The molecule has 0 bridgehead atoms. The first kappa shape index (κ1) is 11.5. The average Bonchev–Trinajstić information content (AvgIpc) is 2.27. The van der Waals surface area contributed by atoms with Crippen molar-refractivity contribution in [2.45, 2.75) is 45.1 Å². The van der Waals surface area contributed by atoms with Crippen LogP contribution >= 0.6 is 11.6 Å². The molecule has 0 aromatic carbocycles. The van der Waals surface area contributed by atoms with Gasteiger partial charge in [-0.05, 0) is 19.8 Å². The van der Waals surface area contributed by atoms with Gasteiger partial charge >= 0.3 is 0 Å². The van der Waals surface area contributed by atoms with Crippen LogP contribution in [-0.4, -0.2) is 16.0 Å². The van der Waals surface area contributed by atoms with Gasteiger partial charge < -0.3 is 11.1 Å². The molecule has 1 fully saturated rings. The molecule has 0 aliphatic heterocycles. The van der Waals surface area contributed by atoms with Gasteiger partial charge in [-0.2, -0.15) is 0 Å². The highest BCUT2D eigenvalue weighted by Gasteiger charge is 2.16. The number of anilines is 2. The maximum Gasteiger partial charge on any atom is 0.157 e. The van der Waals surface area contributed by atoms with Crippen molar-refractivity contribution in [3.8, 4) is 0 Å². The molecule has 1 heterocycles. The van der Waals surface area contributed by atoms with Gasteiger partial charge in [-0.3, -0.25) is 0 Å². The van der Waals surface area contributed by atoms with Gasteiger partial charge in [0.2, 0.25) is 0 Å². The standard InChI is InChI=1S/C11H17ClN4/c1-7-14-10(12)9(13)11(15-7)16-8-5-3-2-4-6-8/h8H,2-6,13H2,1H3,(H,14,15,16). The zero-order chi connectivity index (χ0) is 11.5. The van der Waals surface area contributed by atoms with Crippen molar-refractivity contribution >= 4 is 23.1 Å². The fourth-order valence-corrected chi connectivity index (χ4v) is 2.31. The molecular formula is C11H17ClN4. The summed E-state index contributed by atoms with van der Waals surface area (Å²) in [6.07, 6.45) is 6.24. The molecule has 1 aromatic heterocycles. The Morgan fingerprint density at radius 2 is 1.94 bits per heavy atom. The van der Waals surface area contributed by atoms with Gasteiger partial charge in [-0.25, -0.2) is 9.97 Å². The van der Waals surface area contributed by atoms with Crippen LogP contribution in [0.4, 0.5) is 11.5 Å². The van der Waals surface area contributed by atoms with Crippen molar-refractivity contribution < 1.29 is 0 Å². The zero-order valence-corrected chi connectivity index (χ0v) is 10.2. The lowest BCUT2D eigenvalue weighted by Gasteiger charge is -2.24. The van der Waals surface area contributed by atoms with E-state index >= 15 is 0 Å². The second-order valence-electron chi connectivity index (χ2n) is 4.30. The maximum absolute atomic E-state index is 5.92. The van der Waals surface area contributed by atoms with Crippen LogP contribution in [0.3, 0.4) is 0 Å². The number of aromatic nitrogens is 2. The van der Waals surface area contributed by atoms with E-state index in [0.717, 1.165) is 0 Å². The molecule has 1 saturated carbocycles. The molecule has 3 N–H and O–H groups in total. The second kappa shape index (κ2) is 4.87. The van der Waals surface area contributed by atoms with E-state index in [1.165, 1.54) is 32.1 Å². The molecule has 2 rings (SSSR count). The van der Waals surface area contributed by atoms with E-state index in [1.807, 2.05) is 6.92 Å². The number of hydrogen-bond acceptors (Lipinski definition) is 4. The summed E-state index contributed by atoms with van der Waals surface area (Å²) in [6, 6.07) is 0.474. The second-order valence-corrected chi connectivity index (χ2v) is 4.66. The lowest BCUT2D eigenvalue weighted by molar-refractivity contribution is 0.462. The van der Waals surface area contributed by atoms with E-state index in [0.29, 0.717) is 28.5 Å². The summed E-state index contributed by atoms with van der Waals surface area (Å²) in [5.41, 5.74) is 6.31. The molecule has 0 atom stereocenters. The van der Waals surface area contributed by atoms with Crippen LogP contribution in [0.15, 0.2) is 0 Å². The van der Waals surface area contributed by atoms with Crippen LogP contribution in [0.2, 0.25) is 5.15 Å². The summed E-state index contributed by atoms with van der Waals surface area (Å²) >= 11 is 5.92. The molecule has 1 aromatic rings. The van der Waals surface area contributed by atoms with Gasteiger partial charge in [0.1, 0.15) is 11.5 Å². The summed E-state index contributed by atoms with van der Waals surface area (Å²) in [5.74, 6) is 1.34. The molecule has 0 unspecified atom stereocenters. The summed E-state index contributed by atoms with van der Waals surface area (Å²) < 4.78 is 0. The largest absolute Gasteiger partial charge is 0.393 e. The number of halogens is 1. The number of nitrogens with zero attached hydrogens (tertiary/aromatic N) is 2. The quantitative estimate of drug-likeness (QED) is 0.781. The van der Waals surface area contributed by atoms with Crippen LogP contribution < -0.4 is 11.1 Å². The van der Waals surface area contributed by atoms with Gasteiger partial charge in [0, 0.05) is 6.04 Å². The monoisotopic (exact) mass is 240 g/mol. The minimum Gasteiger partial charge on any atom is -0.393 e. The van der Waals surface area contributed by atoms with Gasteiger partial charge in [-0.1, -0.05) is 30.9 Å². The molecule has 4 nitrogen and oxygen atoms in total. The predicted octanol–water partition coefficient (Wildman–Crippen LogP) is 2.77. The smallest absolute Gasteiger partial charge is 0.157 e. The third kappa shape index (κ3) is 2.55. The fourth-order valence-electron chi connectivity index (χ4n) is 2.10. The Kier molecular flexibility index (Phi) is 3.49. The number of nitrogen functional groups attached to an aromatic ring is 1. The topological polar surface area (TPSA) is 63.8 Å². The number of aryl methyl sites for hydroxylation is 1. The molecular weight excluding hydrogens is 224 g/mol. The Labute approximate surface area is 101 Å². The number of hydrogen-bond donors (Lipinski definition) is 2. The number of rotatable bonds is 2. The Morgan fingerprint density at radius 1 is 1.25 bits per heavy atom. The Bertz CT molecular complexity index is 374. The van der Waals surface area contributed by atoms with Crippen LogP contribution in [0, 0.1) is 6.92 Å². The van der Waals surface area contributed by atoms with Crippen LogP contribution in [0.25, 0.3) is 0 Å². The summed E-state index contributed by atoms with van der Waals surface area (Å²) in [4.78, 5) is 8.31. The van der Waals surface area contributed by atoms with E-state index in [2.05, 4.69) is 15.3 Å². The lowest BCUT2D eigenvalue weighted by atomic mass is 9.95. The minimum atomic E-state index is 0.339. The maximum atomic E-state index is 5.92. The lowest BCUT2D eigenvalue weighted by Crippen LogP contribution is -2.23. The third-order valence-electron chi connectivity index (χ3n) is 2.96. The van der Waals surface area contributed by atoms with Gasteiger partial charge in [-0.15, -0.1) is 0 Å². The summed E-state index contributed by atoms with van der Waals surface area (Å²) in [5, 5.41) is 3.71. The summed E-state index contributed by atoms with van der Waals surface area (Å²) in [6.45, 7) is 1.82. The van der Waals surface area contributed by atoms with Crippen molar-refractivity contribution in [1.29, 1.82) is 0 Å². The first-order chi connectivity index (χ1) is 7.66. The van der Waals surface area contributed by atoms with E-state index < -0.39 is 0 Å². The Morgan fingerprint density at radius 3 is 2.62 bits per heavy atom. The zero-order valence-electron chi connectivity index (χ0n) is 9.46. The Balaban J connectivity index is 2.13. The molecule has 16 heavy (non-hydrogen) atoms. The molecule has 0 radical (unpaired) electrons. The molecule has 1 aliphatic rings. The number of nitrogens with two attached hydrogens (primary N) is 1. The van der Waals surface area contributed by atoms with E-state index in [-0.39, 0.29) is 0 Å². The molecule has 88 valence electrons. The third-order valence-corrected chi connectivity index (χ3v) is 3.25. The average molecular weight is 241 g/mol. The van der Waals surface area contributed by atoms with Gasteiger partial charge in [0.15, 0.2) is 11.0 Å². The normalized spacial score (nSPS) is 17.4. The predicted molar refractivity (Wildman–Crippen MR) is 66.7 cm³/mol.